The molecule has 3 aromatic heterocycles. The number of H-pyrrole nitrogens is 1. The lowest BCUT2D eigenvalue weighted by Gasteiger charge is -2.12. The average molecular weight is 563 g/mol. The summed E-state index contributed by atoms with van der Waals surface area (Å²) < 4.78 is 10.8. The van der Waals surface area contributed by atoms with Crippen LogP contribution in [-0.4, -0.2) is 34.4 Å². The van der Waals surface area contributed by atoms with Crippen LogP contribution < -0.4 is 14.8 Å². The van der Waals surface area contributed by atoms with Crippen molar-refractivity contribution in [3.8, 4) is 49.8 Å². The van der Waals surface area contributed by atoms with E-state index in [-0.39, 0.29) is 0 Å². The molecule has 11 heteroatoms. The number of pyridine rings is 1. The van der Waals surface area contributed by atoms with Gasteiger partial charge in [0.25, 0.3) is 0 Å². The van der Waals surface area contributed by atoms with Crippen LogP contribution in [-0.2, 0) is 6.54 Å². The van der Waals surface area contributed by atoms with Gasteiger partial charge >= 0.3 is 0 Å². The van der Waals surface area contributed by atoms with Gasteiger partial charge in [-0.2, -0.15) is 10.4 Å². The van der Waals surface area contributed by atoms with Gasteiger partial charge in [-0.1, -0.05) is 29.3 Å². The van der Waals surface area contributed by atoms with Crippen molar-refractivity contribution in [1.29, 1.82) is 5.26 Å². The van der Waals surface area contributed by atoms with Gasteiger partial charge in [0.1, 0.15) is 29.7 Å². The molecule has 0 spiro atoms. The summed E-state index contributed by atoms with van der Waals surface area (Å²) in [6.45, 7) is 0.480. The summed E-state index contributed by atoms with van der Waals surface area (Å²) in [7, 11) is 3.23. The van der Waals surface area contributed by atoms with Crippen molar-refractivity contribution in [1.82, 2.24) is 20.2 Å². The summed E-state index contributed by atoms with van der Waals surface area (Å²) in [5, 5.41) is 21.5. The first-order chi connectivity index (χ1) is 18.5. The molecule has 5 aromatic rings. The Bertz CT molecular complexity index is 1650. The second kappa shape index (κ2) is 11.1. The summed E-state index contributed by atoms with van der Waals surface area (Å²) in [4.78, 5) is 10.3. The van der Waals surface area contributed by atoms with Crippen LogP contribution in [0.5, 0.6) is 11.5 Å². The van der Waals surface area contributed by atoms with Crippen molar-refractivity contribution in [3.05, 3.63) is 82.2 Å². The minimum absolute atomic E-state index is 0.435. The number of hydrogen-bond acceptors (Lipinski definition) is 8. The molecule has 2 aromatic carbocycles. The lowest BCUT2D eigenvalue weighted by molar-refractivity contribution is 0.391. The highest BCUT2D eigenvalue weighted by atomic mass is 35.5. The maximum Gasteiger partial charge on any atom is 0.166 e. The number of methoxy groups -OCH3 is 2. The van der Waals surface area contributed by atoms with Crippen LogP contribution in [0.1, 0.15) is 11.1 Å². The van der Waals surface area contributed by atoms with Crippen LogP contribution in [0, 0.1) is 11.3 Å². The minimum Gasteiger partial charge on any atom is -0.497 e. The Morgan fingerprint density at radius 3 is 2.61 bits per heavy atom. The molecule has 0 bridgehead atoms. The molecule has 0 atom stereocenters. The number of benzene rings is 2. The Morgan fingerprint density at radius 2 is 1.89 bits per heavy atom. The van der Waals surface area contributed by atoms with Gasteiger partial charge in [0.15, 0.2) is 5.82 Å². The maximum atomic E-state index is 10.3. The topological polar surface area (TPSA) is 109 Å². The predicted molar refractivity (Wildman–Crippen MR) is 150 cm³/mol. The normalized spacial score (nSPS) is 10.7. The maximum absolute atomic E-state index is 10.3. The van der Waals surface area contributed by atoms with E-state index >= 15 is 0 Å². The van der Waals surface area contributed by atoms with Crippen molar-refractivity contribution >= 4 is 40.4 Å². The van der Waals surface area contributed by atoms with Crippen LogP contribution in [0.3, 0.4) is 0 Å². The van der Waals surface area contributed by atoms with E-state index < -0.39 is 0 Å². The average Bonchev–Trinajstić information content (AvgIpc) is 3.60. The summed E-state index contributed by atoms with van der Waals surface area (Å²) in [6, 6.07) is 17.0. The molecule has 0 aliphatic heterocycles. The summed E-state index contributed by atoms with van der Waals surface area (Å²) in [6.07, 6.45) is 3.13. The van der Waals surface area contributed by atoms with E-state index in [1.54, 1.807) is 38.6 Å². The quantitative estimate of drug-likeness (QED) is 0.208. The largest absolute Gasteiger partial charge is 0.497 e. The number of aromatic nitrogens is 4. The van der Waals surface area contributed by atoms with Gasteiger partial charge in [-0.05, 0) is 42.0 Å². The smallest absolute Gasteiger partial charge is 0.166 e. The van der Waals surface area contributed by atoms with Gasteiger partial charge in [0, 0.05) is 45.5 Å². The van der Waals surface area contributed by atoms with Gasteiger partial charge in [0.2, 0.25) is 0 Å². The Hall–Kier alpha value is -4.10. The van der Waals surface area contributed by atoms with E-state index in [9.17, 15) is 5.26 Å². The van der Waals surface area contributed by atoms with Crippen LogP contribution in [0.4, 0.5) is 5.82 Å². The number of rotatable bonds is 8. The Labute approximate surface area is 232 Å². The molecule has 190 valence electrons. The molecule has 0 aliphatic rings. The van der Waals surface area contributed by atoms with Gasteiger partial charge in [-0.3, -0.25) is 5.10 Å². The monoisotopic (exact) mass is 562 g/mol. The second-order valence-electron chi connectivity index (χ2n) is 8.04. The zero-order chi connectivity index (χ0) is 26.6. The van der Waals surface area contributed by atoms with Gasteiger partial charge in [-0.15, -0.1) is 11.3 Å². The van der Waals surface area contributed by atoms with Gasteiger partial charge in [-0.25, -0.2) is 9.97 Å². The third-order valence-electron chi connectivity index (χ3n) is 5.83. The van der Waals surface area contributed by atoms with E-state index in [0.29, 0.717) is 56.4 Å². The SMILES string of the molecule is COc1ccc(CNc2cc(-c3sc(-c4ncn[nH]4)c(-c4ccc(Cl)cc4Cl)c3C#N)ccn2)c(OC)c1. The number of hydrogen-bond donors (Lipinski definition) is 2. The van der Waals surface area contributed by atoms with Crippen molar-refractivity contribution in [2.75, 3.05) is 19.5 Å². The molecule has 0 saturated heterocycles. The first-order valence-corrected chi connectivity index (χ1v) is 12.9. The number of nitrogens with zero attached hydrogens (tertiary/aromatic N) is 4. The molecule has 8 nitrogen and oxygen atoms in total. The molecule has 0 saturated carbocycles. The van der Waals surface area contributed by atoms with Crippen LogP contribution in [0.15, 0.2) is 61.1 Å². The molecule has 2 N–H and O–H groups in total. The minimum atomic E-state index is 0.435. The Kier molecular flexibility index (Phi) is 7.47. The number of aromatic amines is 1. The third-order valence-corrected chi connectivity index (χ3v) is 7.62. The number of thiophene rings is 1. The molecule has 3 heterocycles. The molecule has 0 amide bonds. The molecular formula is C27H20Cl2N6O2S. The standard InChI is InChI=1S/C27H20Cl2N6O2S/c1-36-18-5-3-16(22(11-18)37-2)13-32-23-9-15(7-8-31-23)25-20(12-30)24(19-6-4-17(28)10-21(19)29)26(38-25)27-33-14-34-35-27/h3-11,14H,13H2,1-2H3,(H,31,32)(H,33,34,35). The van der Waals surface area contributed by atoms with Crippen LogP contribution >= 0.6 is 34.5 Å². The number of nitrogens with one attached hydrogen (secondary N) is 2. The second-order valence-corrected chi connectivity index (χ2v) is 9.91. The van der Waals surface area contributed by atoms with Crippen molar-refractivity contribution in [2.45, 2.75) is 6.54 Å². The fourth-order valence-electron chi connectivity index (χ4n) is 4.02. The van der Waals surface area contributed by atoms with Crippen LogP contribution in [0.2, 0.25) is 10.0 Å². The fourth-order valence-corrected chi connectivity index (χ4v) is 5.73. The van der Waals surface area contributed by atoms with E-state index in [1.165, 1.54) is 17.7 Å². The Morgan fingerprint density at radius 1 is 1.03 bits per heavy atom. The lowest BCUT2D eigenvalue weighted by Crippen LogP contribution is -2.03. The zero-order valence-electron chi connectivity index (χ0n) is 20.3. The first kappa shape index (κ1) is 25.5. The summed E-state index contributed by atoms with van der Waals surface area (Å²) >= 11 is 14.1. The van der Waals surface area contributed by atoms with Crippen molar-refractivity contribution in [3.63, 3.8) is 0 Å². The zero-order valence-corrected chi connectivity index (χ0v) is 22.6. The number of anilines is 1. The van der Waals surface area contributed by atoms with Gasteiger partial charge < -0.3 is 14.8 Å². The highest BCUT2D eigenvalue weighted by molar-refractivity contribution is 7.19. The molecular weight excluding hydrogens is 543 g/mol. The Balaban J connectivity index is 1.55. The molecule has 0 fully saturated rings. The van der Waals surface area contributed by atoms with Gasteiger partial charge in [0.05, 0.1) is 29.5 Å². The number of halogens is 2. The lowest BCUT2D eigenvalue weighted by atomic mass is 9.98. The third kappa shape index (κ3) is 5.02. The first-order valence-electron chi connectivity index (χ1n) is 11.3. The summed E-state index contributed by atoms with van der Waals surface area (Å²) in [5.41, 5.74) is 3.59. The van der Waals surface area contributed by atoms with Crippen molar-refractivity contribution < 1.29 is 9.47 Å². The van der Waals surface area contributed by atoms with E-state index in [1.807, 2.05) is 30.3 Å². The highest BCUT2D eigenvalue weighted by Crippen LogP contribution is 2.48. The molecule has 38 heavy (non-hydrogen) atoms. The fraction of sp³-hybridized carbons (Fsp3) is 0.111. The van der Waals surface area contributed by atoms with E-state index in [2.05, 4.69) is 31.6 Å². The molecule has 0 unspecified atom stereocenters. The van der Waals surface area contributed by atoms with E-state index in [4.69, 9.17) is 32.7 Å². The van der Waals surface area contributed by atoms with Crippen LogP contribution in [0.25, 0.3) is 32.3 Å². The molecule has 0 radical (unpaired) electrons. The molecule has 0 aliphatic carbocycles. The highest BCUT2D eigenvalue weighted by Gasteiger charge is 2.25. The molecule has 5 rings (SSSR count). The van der Waals surface area contributed by atoms with E-state index in [0.717, 1.165) is 20.9 Å². The summed E-state index contributed by atoms with van der Waals surface area (Å²) in [5.74, 6) is 2.61. The van der Waals surface area contributed by atoms with Crippen molar-refractivity contribution in [2.24, 2.45) is 0 Å². The predicted octanol–water partition coefficient (Wildman–Crippen LogP) is 7.07. The number of nitriles is 1. The number of ether oxygens (including phenoxy) is 2.